The van der Waals surface area contributed by atoms with Crippen molar-refractivity contribution in [3.63, 3.8) is 0 Å². The van der Waals surface area contributed by atoms with Crippen LogP contribution in [0.5, 0.6) is 0 Å². The van der Waals surface area contributed by atoms with Crippen molar-refractivity contribution in [1.29, 1.82) is 0 Å². The molecule has 0 atom stereocenters. The molecule has 0 amide bonds. The normalized spacial score (nSPS) is 14.9. The topological polar surface area (TPSA) is 16.1 Å². The average molecular weight is 248 g/mol. The second-order valence-corrected chi connectivity index (χ2v) is 5.31. The molecule has 0 saturated heterocycles. The van der Waals surface area contributed by atoms with E-state index in [1.54, 1.807) is 11.3 Å². The molecule has 1 aliphatic carbocycles. The van der Waals surface area contributed by atoms with Crippen molar-refractivity contribution in [2.24, 2.45) is 0 Å². The second kappa shape index (κ2) is 4.45. The molecule has 0 bridgehead atoms. The maximum atomic E-state index is 13.2. The Morgan fingerprint density at radius 1 is 1.41 bits per heavy atom. The first-order valence-corrected chi connectivity index (χ1v) is 6.61. The zero-order valence-electron chi connectivity index (χ0n) is 9.34. The van der Waals surface area contributed by atoms with Gasteiger partial charge < -0.3 is 4.90 Å². The van der Waals surface area contributed by atoms with Gasteiger partial charge in [0.2, 0.25) is 5.95 Å². The molecule has 4 heteroatoms. The van der Waals surface area contributed by atoms with Crippen molar-refractivity contribution < 1.29 is 4.39 Å². The maximum absolute atomic E-state index is 13.2. The van der Waals surface area contributed by atoms with Gasteiger partial charge in [-0.2, -0.15) is 4.39 Å². The first-order chi connectivity index (χ1) is 8.33. The van der Waals surface area contributed by atoms with Crippen LogP contribution in [0.15, 0.2) is 35.8 Å². The van der Waals surface area contributed by atoms with Crippen molar-refractivity contribution >= 4 is 17.0 Å². The summed E-state index contributed by atoms with van der Waals surface area (Å²) in [7, 11) is 0. The SMILES string of the molecule is Fc1cc(N(Cc2cccs2)C2CC2)ccn1. The van der Waals surface area contributed by atoms with Crippen LogP contribution in [0.25, 0.3) is 0 Å². The fraction of sp³-hybridized carbons (Fsp3) is 0.308. The third-order valence-corrected chi connectivity index (χ3v) is 3.80. The minimum Gasteiger partial charge on any atom is -0.363 e. The smallest absolute Gasteiger partial charge is 0.214 e. The lowest BCUT2D eigenvalue weighted by Crippen LogP contribution is -2.24. The highest BCUT2D eigenvalue weighted by atomic mass is 32.1. The van der Waals surface area contributed by atoms with E-state index in [-0.39, 0.29) is 0 Å². The third-order valence-electron chi connectivity index (χ3n) is 2.94. The molecule has 2 aromatic rings. The van der Waals surface area contributed by atoms with Gasteiger partial charge in [-0.05, 0) is 30.4 Å². The Labute approximate surface area is 104 Å². The van der Waals surface area contributed by atoms with Gasteiger partial charge in [0.25, 0.3) is 0 Å². The Kier molecular flexibility index (Phi) is 2.81. The van der Waals surface area contributed by atoms with Crippen LogP contribution in [-0.2, 0) is 6.54 Å². The molecule has 2 aromatic heterocycles. The Morgan fingerprint density at radius 3 is 2.94 bits per heavy atom. The average Bonchev–Trinajstić information content (AvgIpc) is 3.03. The maximum Gasteiger partial charge on any atom is 0.214 e. The van der Waals surface area contributed by atoms with Crippen LogP contribution < -0.4 is 4.90 Å². The standard InChI is InChI=1S/C13H13FN2S/c14-13-8-11(5-6-15-13)16(10-3-4-10)9-12-2-1-7-17-12/h1-2,5-8,10H,3-4,9H2. The van der Waals surface area contributed by atoms with Crippen LogP contribution in [0.4, 0.5) is 10.1 Å². The molecule has 3 rings (SSSR count). The Hall–Kier alpha value is -1.42. The molecule has 1 saturated carbocycles. The van der Waals surface area contributed by atoms with Gasteiger partial charge in [-0.1, -0.05) is 6.07 Å². The summed E-state index contributed by atoms with van der Waals surface area (Å²) >= 11 is 1.74. The number of hydrogen-bond donors (Lipinski definition) is 0. The summed E-state index contributed by atoms with van der Waals surface area (Å²) in [6, 6.07) is 8.15. The summed E-state index contributed by atoms with van der Waals surface area (Å²) < 4.78 is 13.2. The number of rotatable bonds is 4. The fourth-order valence-electron chi connectivity index (χ4n) is 1.96. The minimum atomic E-state index is -0.403. The van der Waals surface area contributed by atoms with Crippen molar-refractivity contribution in [2.45, 2.75) is 25.4 Å². The van der Waals surface area contributed by atoms with Crippen LogP contribution in [0.3, 0.4) is 0 Å². The Balaban J connectivity index is 1.85. The molecule has 17 heavy (non-hydrogen) atoms. The van der Waals surface area contributed by atoms with E-state index in [1.807, 2.05) is 6.07 Å². The lowest BCUT2D eigenvalue weighted by molar-refractivity contribution is 0.582. The highest BCUT2D eigenvalue weighted by Gasteiger charge is 2.29. The van der Waals surface area contributed by atoms with Crippen molar-refractivity contribution in [1.82, 2.24) is 4.98 Å². The first-order valence-electron chi connectivity index (χ1n) is 5.73. The molecule has 0 aliphatic heterocycles. The van der Waals surface area contributed by atoms with Gasteiger partial charge in [-0.15, -0.1) is 11.3 Å². The van der Waals surface area contributed by atoms with Gasteiger partial charge >= 0.3 is 0 Å². The zero-order chi connectivity index (χ0) is 11.7. The lowest BCUT2D eigenvalue weighted by atomic mass is 10.3. The number of pyridine rings is 1. The van der Waals surface area contributed by atoms with Gasteiger partial charge in [0, 0.05) is 28.9 Å². The molecule has 0 radical (unpaired) electrons. The number of halogens is 1. The van der Waals surface area contributed by atoms with Crippen molar-refractivity contribution in [3.05, 3.63) is 46.7 Å². The van der Waals surface area contributed by atoms with E-state index in [2.05, 4.69) is 27.4 Å². The Morgan fingerprint density at radius 2 is 2.29 bits per heavy atom. The molecule has 2 nitrogen and oxygen atoms in total. The number of thiophene rings is 1. The first kappa shape index (κ1) is 10.7. The Bertz CT molecular complexity index is 494. The van der Waals surface area contributed by atoms with Gasteiger partial charge in [-0.3, -0.25) is 0 Å². The summed E-state index contributed by atoms with van der Waals surface area (Å²) in [5, 5.41) is 2.08. The monoisotopic (exact) mass is 248 g/mol. The van der Waals surface area contributed by atoms with E-state index in [1.165, 1.54) is 30.0 Å². The summed E-state index contributed by atoms with van der Waals surface area (Å²) in [4.78, 5) is 7.20. The highest BCUT2D eigenvalue weighted by molar-refractivity contribution is 7.09. The highest BCUT2D eigenvalue weighted by Crippen LogP contribution is 2.33. The zero-order valence-corrected chi connectivity index (χ0v) is 10.2. The summed E-state index contributed by atoms with van der Waals surface area (Å²) in [6.07, 6.45) is 3.94. The van der Waals surface area contributed by atoms with Crippen LogP contribution in [0.1, 0.15) is 17.7 Å². The molecular weight excluding hydrogens is 235 g/mol. The van der Waals surface area contributed by atoms with E-state index < -0.39 is 5.95 Å². The van der Waals surface area contributed by atoms with E-state index in [0.29, 0.717) is 6.04 Å². The summed E-state index contributed by atoms with van der Waals surface area (Å²) in [5.74, 6) is -0.403. The summed E-state index contributed by atoms with van der Waals surface area (Å²) in [6.45, 7) is 0.867. The van der Waals surface area contributed by atoms with Gasteiger partial charge in [0.15, 0.2) is 0 Å². The molecular formula is C13H13FN2S. The molecule has 1 aliphatic rings. The van der Waals surface area contributed by atoms with E-state index in [4.69, 9.17) is 0 Å². The predicted octanol–water partition coefficient (Wildman–Crippen LogP) is 3.45. The molecule has 0 aromatic carbocycles. The van der Waals surface area contributed by atoms with Crippen LogP contribution >= 0.6 is 11.3 Å². The van der Waals surface area contributed by atoms with E-state index in [9.17, 15) is 4.39 Å². The van der Waals surface area contributed by atoms with Crippen LogP contribution in [0, 0.1) is 5.95 Å². The number of aromatic nitrogens is 1. The molecule has 88 valence electrons. The predicted molar refractivity (Wildman–Crippen MR) is 67.7 cm³/mol. The minimum absolute atomic E-state index is 0.403. The quantitative estimate of drug-likeness (QED) is 0.770. The molecule has 0 N–H and O–H groups in total. The third kappa shape index (κ3) is 2.47. The van der Waals surface area contributed by atoms with Crippen LogP contribution in [-0.4, -0.2) is 11.0 Å². The van der Waals surface area contributed by atoms with Crippen LogP contribution in [0.2, 0.25) is 0 Å². The van der Waals surface area contributed by atoms with E-state index >= 15 is 0 Å². The molecule has 0 unspecified atom stereocenters. The lowest BCUT2D eigenvalue weighted by Gasteiger charge is -2.23. The second-order valence-electron chi connectivity index (χ2n) is 4.28. The van der Waals surface area contributed by atoms with Gasteiger partial charge in [0.1, 0.15) is 0 Å². The van der Waals surface area contributed by atoms with E-state index in [0.717, 1.165) is 12.2 Å². The molecule has 0 spiro atoms. The number of anilines is 1. The summed E-state index contributed by atoms with van der Waals surface area (Å²) in [5.41, 5.74) is 0.938. The van der Waals surface area contributed by atoms with Gasteiger partial charge in [0.05, 0.1) is 6.54 Å². The van der Waals surface area contributed by atoms with Gasteiger partial charge in [-0.25, -0.2) is 4.98 Å². The number of nitrogens with zero attached hydrogens (tertiary/aromatic N) is 2. The van der Waals surface area contributed by atoms with Crippen molar-refractivity contribution in [3.8, 4) is 0 Å². The fourth-order valence-corrected chi connectivity index (χ4v) is 2.66. The number of hydrogen-bond acceptors (Lipinski definition) is 3. The molecule has 1 fully saturated rings. The van der Waals surface area contributed by atoms with Crippen molar-refractivity contribution in [2.75, 3.05) is 4.90 Å². The largest absolute Gasteiger partial charge is 0.363 e. The molecule has 2 heterocycles.